The Balaban J connectivity index is 2.42. The minimum absolute atomic E-state index is 0.505. The normalized spacial score (nSPS) is 18.3. The van der Waals surface area contributed by atoms with E-state index in [0.717, 1.165) is 6.54 Å². The Morgan fingerprint density at radius 1 is 1.82 bits per heavy atom. The van der Waals surface area contributed by atoms with Crippen LogP contribution in [0.1, 0.15) is 0 Å². The highest BCUT2D eigenvalue weighted by atomic mass is 32.1. The zero-order valence-corrected chi connectivity index (χ0v) is 7.49. The van der Waals surface area contributed by atoms with Gasteiger partial charge >= 0.3 is 5.24 Å². The van der Waals surface area contributed by atoms with E-state index in [0.29, 0.717) is 18.1 Å². The first kappa shape index (κ1) is 8.76. The fourth-order valence-corrected chi connectivity index (χ4v) is 1.15. The van der Waals surface area contributed by atoms with Crippen molar-refractivity contribution in [3.8, 4) is 0 Å². The van der Waals surface area contributed by atoms with Crippen LogP contribution in [0.25, 0.3) is 0 Å². The van der Waals surface area contributed by atoms with Gasteiger partial charge in [0.05, 0.1) is 6.54 Å². The summed E-state index contributed by atoms with van der Waals surface area (Å²) in [6, 6.07) is 0. The number of rotatable bonds is 1. The molecule has 0 aromatic carbocycles. The van der Waals surface area contributed by atoms with Gasteiger partial charge in [0.2, 0.25) is 0 Å². The third-order valence-corrected chi connectivity index (χ3v) is 1.72. The molecule has 0 aromatic heterocycles. The second kappa shape index (κ2) is 3.89. The Hall–Kier alpha value is -0.330. The third kappa shape index (κ3) is 2.64. The van der Waals surface area contributed by atoms with Gasteiger partial charge in [-0.05, 0) is 0 Å². The SMILES string of the molecule is O=C(S)[N]N1CCNCC1=S. The standard InChI is InChI=1S/C5H8N3OS2/c9-5(11)7-8-2-1-6-3-4(8)10/h6H,1-3H2,(H,9,11). The van der Waals surface area contributed by atoms with Gasteiger partial charge in [0.1, 0.15) is 4.99 Å². The monoisotopic (exact) mass is 190 g/mol. The molecule has 4 nitrogen and oxygen atoms in total. The first-order chi connectivity index (χ1) is 5.20. The van der Waals surface area contributed by atoms with Crippen LogP contribution in [-0.2, 0) is 0 Å². The van der Waals surface area contributed by atoms with Crippen molar-refractivity contribution in [3.63, 3.8) is 0 Å². The summed E-state index contributed by atoms with van der Waals surface area (Å²) in [5, 5.41) is 4.05. The van der Waals surface area contributed by atoms with E-state index in [9.17, 15) is 4.79 Å². The molecule has 0 aliphatic carbocycles. The second-order valence-electron chi connectivity index (χ2n) is 2.08. The van der Waals surface area contributed by atoms with Crippen LogP contribution < -0.4 is 10.7 Å². The summed E-state index contributed by atoms with van der Waals surface area (Å²) in [6.45, 7) is 2.05. The highest BCUT2D eigenvalue weighted by Crippen LogP contribution is 1.95. The van der Waals surface area contributed by atoms with Crippen LogP contribution in [-0.4, -0.2) is 34.9 Å². The molecule has 0 atom stereocenters. The van der Waals surface area contributed by atoms with Gasteiger partial charge in [0.25, 0.3) is 0 Å². The van der Waals surface area contributed by atoms with Crippen molar-refractivity contribution in [3.05, 3.63) is 0 Å². The van der Waals surface area contributed by atoms with E-state index in [2.05, 4.69) is 23.4 Å². The number of carbonyl (C=O) groups is 1. The van der Waals surface area contributed by atoms with Crippen molar-refractivity contribution >= 4 is 35.1 Å². The molecule has 6 heteroatoms. The molecule has 1 N–H and O–H groups in total. The maximum atomic E-state index is 10.4. The Morgan fingerprint density at radius 3 is 3.09 bits per heavy atom. The van der Waals surface area contributed by atoms with E-state index in [1.807, 2.05) is 0 Å². The number of thiol groups is 1. The molecule has 0 spiro atoms. The summed E-state index contributed by atoms with van der Waals surface area (Å²) < 4.78 is 0. The van der Waals surface area contributed by atoms with Crippen molar-refractivity contribution in [2.24, 2.45) is 0 Å². The lowest BCUT2D eigenvalue weighted by molar-refractivity contribution is 0.233. The summed E-state index contributed by atoms with van der Waals surface area (Å²) in [4.78, 5) is 11.1. The number of thiocarbonyl (C=S) groups is 1. The van der Waals surface area contributed by atoms with E-state index in [-0.39, 0.29) is 0 Å². The van der Waals surface area contributed by atoms with Crippen LogP contribution >= 0.6 is 24.8 Å². The zero-order chi connectivity index (χ0) is 8.27. The zero-order valence-electron chi connectivity index (χ0n) is 5.78. The van der Waals surface area contributed by atoms with Crippen molar-refractivity contribution in [2.45, 2.75) is 0 Å². The predicted octanol–water partition coefficient (Wildman–Crippen LogP) is -0.212. The van der Waals surface area contributed by atoms with Crippen molar-refractivity contribution < 1.29 is 4.79 Å². The van der Waals surface area contributed by atoms with E-state index in [1.165, 1.54) is 5.01 Å². The molecule has 1 saturated heterocycles. The van der Waals surface area contributed by atoms with E-state index >= 15 is 0 Å². The molecule has 0 aromatic rings. The minimum atomic E-state index is -0.505. The van der Waals surface area contributed by atoms with E-state index in [4.69, 9.17) is 12.2 Å². The maximum Gasteiger partial charge on any atom is 0.318 e. The van der Waals surface area contributed by atoms with Crippen LogP contribution in [0.15, 0.2) is 0 Å². The first-order valence-electron chi connectivity index (χ1n) is 3.16. The molecule has 1 aliphatic rings. The van der Waals surface area contributed by atoms with Gasteiger partial charge in [-0.3, -0.25) is 9.80 Å². The summed E-state index contributed by atoms with van der Waals surface area (Å²) in [7, 11) is 0. The summed E-state index contributed by atoms with van der Waals surface area (Å²) in [5.74, 6) is 0. The fraction of sp³-hybridized carbons (Fsp3) is 0.600. The average molecular weight is 190 g/mol. The number of nitrogens with zero attached hydrogens (tertiary/aromatic N) is 2. The number of amides is 1. The molecule has 1 heterocycles. The molecular weight excluding hydrogens is 182 g/mol. The number of hydrogen-bond acceptors (Lipinski definition) is 3. The maximum absolute atomic E-state index is 10.4. The number of carbonyl (C=O) groups excluding carboxylic acids is 1. The lowest BCUT2D eigenvalue weighted by Gasteiger charge is -2.26. The van der Waals surface area contributed by atoms with E-state index in [1.54, 1.807) is 0 Å². The van der Waals surface area contributed by atoms with Crippen LogP contribution in [0, 0.1) is 0 Å². The number of hydrogen-bond donors (Lipinski definition) is 2. The van der Waals surface area contributed by atoms with Crippen LogP contribution in [0.5, 0.6) is 0 Å². The third-order valence-electron chi connectivity index (χ3n) is 1.27. The summed E-state index contributed by atoms with van der Waals surface area (Å²) in [5.41, 5.74) is 3.59. The van der Waals surface area contributed by atoms with Gasteiger partial charge in [0, 0.05) is 13.1 Å². The molecular formula is C5H8N3OS2. The van der Waals surface area contributed by atoms with Crippen LogP contribution in [0.2, 0.25) is 0 Å². The van der Waals surface area contributed by atoms with Gasteiger partial charge < -0.3 is 5.32 Å². The minimum Gasteiger partial charge on any atom is -0.309 e. The van der Waals surface area contributed by atoms with Gasteiger partial charge in [-0.2, -0.15) is 0 Å². The Kier molecular flexibility index (Phi) is 3.10. The summed E-state index contributed by atoms with van der Waals surface area (Å²) >= 11 is 8.45. The molecule has 1 radical (unpaired) electrons. The molecule has 0 unspecified atom stereocenters. The van der Waals surface area contributed by atoms with Crippen molar-refractivity contribution in [1.82, 2.24) is 15.8 Å². The Morgan fingerprint density at radius 2 is 2.55 bits per heavy atom. The molecule has 1 fully saturated rings. The van der Waals surface area contributed by atoms with Gasteiger partial charge in [-0.1, -0.05) is 24.8 Å². The Bertz CT molecular complexity index is 185. The van der Waals surface area contributed by atoms with E-state index < -0.39 is 5.24 Å². The fourth-order valence-electron chi connectivity index (χ4n) is 0.805. The Labute approximate surface area is 75.7 Å². The van der Waals surface area contributed by atoms with Crippen molar-refractivity contribution in [2.75, 3.05) is 19.6 Å². The largest absolute Gasteiger partial charge is 0.318 e. The lowest BCUT2D eigenvalue weighted by Crippen LogP contribution is -2.50. The molecule has 1 amide bonds. The smallest absolute Gasteiger partial charge is 0.309 e. The topological polar surface area (TPSA) is 46.4 Å². The predicted molar refractivity (Wildman–Crippen MR) is 48.7 cm³/mol. The second-order valence-corrected chi connectivity index (χ2v) is 2.93. The molecule has 1 rings (SSSR count). The van der Waals surface area contributed by atoms with Gasteiger partial charge in [0.15, 0.2) is 0 Å². The molecule has 0 bridgehead atoms. The molecule has 61 valence electrons. The number of nitrogens with one attached hydrogen (secondary N) is 1. The summed E-state index contributed by atoms with van der Waals surface area (Å²) in [6.07, 6.45) is 0. The highest BCUT2D eigenvalue weighted by Gasteiger charge is 2.16. The van der Waals surface area contributed by atoms with Crippen molar-refractivity contribution in [1.29, 1.82) is 0 Å². The molecule has 1 aliphatic heterocycles. The number of piperazine rings is 1. The van der Waals surface area contributed by atoms with Gasteiger partial charge in [-0.25, -0.2) is 0 Å². The van der Waals surface area contributed by atoms with Crippen LogP contribution in [0.4, 0.5) is 4.79 Å². The quantitative estimate of drug-likeness (QED) is 0.443. The molecule has 0 saturated carbocycles. The van der Waals surface area contributed by atoms with Gasteiger partial charge in [-0.15, -0.1) is 5.43 Å². The molecule has 11 heavy (non-hydrogen) atoms. The first-order valence-corrected chi connectivity index (χ1v) is 4.01. The van der Waals surface area contributed by atoms with Crippen LogP contribution in [0.3, 0.4) is 0 Å². The highest BCUT2D eigenvalue weighted by molar-refractivity contribution is 7.96. The average Bonchev–Trinajstić information content (AvgIpc) is 1.93. The lowest BCUT2D eigenvalue weighted by atomic mass is 10.4.